The number of amides is 1. The highest BCUT2D eigenvalue weighted by atomic mass is 16.6. The summed E-state index contributed by atoms with van der Waals surface area (Å²) in [5.41, 5.74) is -0.376. The maximum Gasteiger partial charge on any atom is 0.410 e. The van der Waals surface area contributed by atoms with E-state index in [0.29, 0.717) is 6.04 Å². The van der Waals surface area contributed by atoms with Gasteiger partial charge in [-0.3, -0.25) is 0 Å². The molecule has 1 saturated heterocycles. The minimum atomic E-state index is -0.376. The molecule has 1 atom stereocenters. The van der Waals surface area contributed by atoms with Crippen LogP contribution in [0.2, 0.25) is 0 Å². The minimum absolute atomic E-state index is 0. The van der Waals surface area contributed by atoms with Crippen molar-refractivity contribution in [2.75, 3.05) is 6.54 Å². The number of likely N-dealkylation sites (tertiary alicyclic amines) is 1. The number of rotatable bonds is 0. The molecule has 94 valence electrons. The Morgan fingerprint density at radius 1 is 1.40 bits per heavy atom. The molecule has 0 saturated carbocycles. The van der Waals surface area contributed by atoms with Crippen LogP contribution in [0.15, 0.2) is 0 Å². The standard InChI is InChI=1S/C10H19NO2.C2H6.2H2/c1-8-6-5-7-11(8)9(12)13-10(2,3)4;1-2;;/h8H,5-7H2,1-4H3;1-2H3;2*1H/t8-;;;/m1.../s1. The summed E-state index contributed by atoms with van der Waals surface area (Å²) in [5.74, 6) is 0. The van der Waals surface area contributed by atoms with Crippen LogP contribution in [-0.4, -0.2) is 29.2 Å². The number of carbonyl (C=O) groups excluding carboxylic acids is 1. The zero-order chi connectivity index (χ0) is 12.1. The van der Waals surface area contributed by atoms with E-state index in [1.807, 2.05) is 39.5 Å². The van der Waals surface area contributed by atoms with Crippen molar-refractivity contribution in [1.29, 1.82) is 0 Å². The molecular weight excluding hydrogens is 190 g/mol. The quantitative estimate of drug-likeness (QED) is 0.618. The Bertz CT molecular complexity index is 205. The summed E-state index contributed by atoms with van der Waals surface area (Å²) in [5, 5.41) is 0. The van der Waals surface area contributed by atoms with Crippen molar-refractivity contribution >= 4 is 6.09 Å². The van der Waals surface area contributed by atoms with E-state index in [4.69, 9.17) is 4.74 Å². The van der Waals surface area contributed by atoms with Gasteiger partial charge >= 0.3 is 6.09 Å². The third-order valence-corrected chi connectivity index (χ3v) is 2.18. The van der Waals surface area contributed by atoms with Crippen LogP contribution >= 0.6 is 0 Å². The molecule has 0 unspecified atom stereocenters. The predicted octanol–water partition coefficient (Wildman–Crippen LogP) is 3.92. The summed E-state index contributed by atoms with van der Waals surface area (Å²) in [6.07, 6.45) is 2.03. The smallest absolute Gasteiger partial charge is 0.410 e. The molecule has 1 rings (SSSR count). The molecule has 0 spiro atoms. The fourth-order valence-corrected chi connectivity index (χ4v) is 1.53. The summed E-state index contributed by atoms with van der Waals surface area (Å²) in [4.78, 5) is 13.4. The Labute approximate surface area is 96.8 Å². The lowest BCUT2D eigenvalue weighted by Gasteiger charge is -2.26. The van der Waals surface area contributed by atoms with Crippen LogP contribution in [-0.2, 0) is 4.74 Å². The van der Waals surface area contributed by atoms with E-state index in [1.54, 1.807) is 0 Å². The summed E-state index contributed by atoms with van der Waals surface area (Å²) in [6.45, 7) is 12.6. The van der Waals surface area contributed by atoms with Crippen molar-refractivity contribution in [2.24, 2.45) is 0 Å². The second-order valence-corrected chi connectivity index (χ2v) is 4.66. The van der Waals surface area contributed by atoms with Crippen LogP contribution in [0.3, 0.4) is 0 Å². The zero-order valence-corrected chi connectivity index (χ0v) is 11.0. The van der Waals surface area contributed by atoms with E-state index in [-0.39, 0.29) is 14.5 Å². The van der Waals surface area contributed by atoms with Gasteiger partial charge in [-0.05, 0) is 40.5 Å². The van der Waals surface area contributed by atoms with Crippen molar-refractivity contribution in [3.63, 3.8) is 0 Å². The van der Waals surface area contributed by atoms with E-state index in [1.165, 1.54) is 0 Å². The lowest BCUT2D eigenvalue weighted by molar-refractivity contribution is 0.0239. The van der Waals surface area contributed by atoms with E-state index in [9.17, 15) is 4.79 Å². The third-order valence-electron chi connectivity index (χ3n) is 2.18. The molecule has 0 bridgehead atoms. The van der Waals surface area contributed by atoms with Gasteiger partial charge in [0, 0.05) is 15.4 Å². The average molecular weight is 219 g/mol. The van der Waals surface area contributed by atoms with Crippen LogP contribution in [0, 0.1) is 0 Å². The molecular formula is C12H29NO2. The Balaban J connectivity index is -0.000000464. The van der Waals surface area contributed by atoms with Gasteiger partial charge in [-0.25, -0.2) is 4.79 Å². The highest BCUT2D eigenvalue weighted by molar-refractivity contribution is 5.68. The van der Waals surface area contributed by atoms with E-state index in [0.717, 1.165) is 19.4 Å². The van der Waals surface area contributed by atoms with Gasteiger partial charge in [-0.15, -0.1) is 0 Å². The molecule has 0 aromatic heterocycles. The highest BCUT2D eigenvalue weighted by Gasteiger charge is 2.28. The summed E-state index contributed by atoms with van der Waals surface area (Å²) >= 11 is 0. The van der Waals surface area contributed by atoms with Gasteiger partial charge in [0.25, 0.3) is 0 Å². The first-order chi connectivity index (χ1) is 6.90. The molecule has 1 heterocycles. The van der Waals surface area contributed by atoms with Crippen molar-refractivity contribution in [2.45, 2.75) is 66.0 Å². The first kappa shape index (κ1) is 14.3. The van der Waals surface area contributed by atoms with Crippen LogP contribution in [0.25, 0.3) is 0 Å². The number of hydrogen-bond donors (Lipinski definition) is 0. The molecule has 1 aliphatic heterocycles. The number of carbonyl (C=O) groups is 1. The van der Waals surface area contributed by atoms with Crippen LogP contribution < -0.4 is 0 Å². The molecule has 0 aromatic carbocycles. The molecule has 0 aromatic rings. The topological polar surface area (TPSA) is 29.5 Å². The van der Waals surface area contributed by atoms with Gasteiger partial charge in [0.2, 0.25) is 0 Å². The van der Waals surface area contributed by atoms with Gasteiger partial charge in [0.15, 0.2) is 0 Å². The zero-order valence-electron chi connectivity index (χ0n) is 11.0. The Hall–Kier alpha value is -0.730. The fraction of sp³-hybridized carbons (Fsp3) is 0.917. The molecule has 1 aliphatic rings. The number of hydrogen-bond acceptors (Lipinski definition) is 2. The van der Waals surface area contributed by atoms with Crippen molar-refractivity contribution < 1.29 is 12.4 Å². The van der Waals surface area contributed by atoms with Gasteiger partial charge in [-0.2, -0.15) is 0 Å². The van der Waals surface area contributed by atoms with Crippen LogP contribution in [0.1, 0.15) is 57.2 Å². The Morgan fingerprint density at radius 3 is 2.27 bits per heavy atom. The van der Waals surface area contributed by atoms with E-state index >= 15 is 0 Å². The monoisotopic (exact) mass is 219 g/mol. The molecule has 15 heavy (non-hydrogen) atoms. The summed E-state index contributed by atoms with van der Waals surface area (Å²) in [6, 6.07) is 0.342. The summed E-state index contributed by atoms with van der Waals surface area (Å²) in [7, 11) is 0. The lowest BCUT2D eigenvalue weighted by atomic mass is 10.2. The first-order valence-electron chi connectivity index (χ1n) is 5.90. The predicted molar refractivity (Wildman–Crippen MR) is 67.2 cm³/mol. The molecule has 1 fully saturated rings. The highest BCUT2D eigenvalue weighted by Crippen LogP contribution is 2.19. The number of ether oxygens (including phenoxy) is 1. The lowest BCUT2D eigenvalue weighted by Crippen LogP contribution is -2.38. The first-order valence-corrected chi connectivity index (χ1v) is 5.90. The normalized spacial score (nSPS) is 20.7. The van der Waals surface area contributed by atoms with Crippen LogP contribution in [0.5, 0.6) is 0 Å². The SMILES string of the molecule is CC.C[C@@H]1CCCN1C(=O)OC(C)(C)C.[HH].[HH]. The van der Waals surface area contributed by atoms with Crippen molar-refractivity contribution in [3.8, 4) is 0 Å². The maximum atomic E-state index is 11.6. The van der Waals surface area contributed by atoms with Gasteiger partial charge < -0.3 is 9.64 Å². The summed E-state index contributed by atoms with van der Waals surface area (Å²) < 4.78 is 5.28. The number of nitrogens with zero attached hydrogens (tertiary/aromatic N) is 1. The second kappa shape index (κ2) is 5.99. The Kier molecular flexibility index (Phi) is 5.69. The molecule has 3 nitrogen and oxygen atoms in total. The maximum absolute atomic E-state index is 11.6. The van der Waals surface area contributed by atoms with Crippen LogP contribution in [0.4, 0.5) is 4.79 Å². The molecule has 0 N–H and O–H groups in total. The Morgan fingerprint density at radius 2 is 1.93 bits per heavy atom. The van der Waals surface area contributed by atoms with Crippen molar-refractivity contribution in [3.05, 3.63) is 0 Å². The van der Waals surface area contributed by atoms with E-state index in [2.05, 4.69) is 6.92 Å². The van der Waals surface area contributed by atoms with Gasteiger partial charge in [-0.1, -0.05) is 13.8 Å². The average Bonchev–Trinajstić information content (AvgIpc) is 2.52. The molecule has 0 radical (unpaired) electrons. The molecule has 1 amide bonds. The van der Waals surface area contributed by atoms with Crippen molar-refractivity contribution in [1.82, 2.24) is 4.90 Å². The fourth-order valence-electron chi connectivity index (χ4n) is 1.53. The third kappa shape index (κ3) is 5.05. The largest absolute Gasteiger partial charge is 0.444 e. The second-order valence-electron chi connectivity index (χ2n) is 4.66. The molecule has 0 aliphatic carbocycles. The molecule has 3 heteroatoms. The van der Waals surface area contributed by atoms with Gasteiger partial charge in [0.05, 0.1) is 0 Å². The minimum Gasteiger partial charge on any atom is -0.444 e. The van der Waals surface area contributed by atoms with Gasteiger partial charge in [0.1, 0.15) is 5.60 Å². The van der Waals surface area contributed by atoms with E-state index < -0.39 is 0 Å².